The predicted molar refractivity (Wildman–Crippen MR) is 117 cm³/mol. The third-order valence-electron chi connectivity index (χ3n) is 5.76. The van der Waals surface area contributed by atoms with Gasteiger partial charge < -0.3 is 14.2 Å². The fraction of sp³-hybridized carbons (Fsp3) is 0.476. The zero-order valence-electron chi connectivity index (χ0n) is 18.1. The molecule has 1 aliphatic heterocycles. The predicted octanol–water partition coefficient (Wildman–Crippen LogP) is 4.18. The molecule has 4 aromatic heterocycles. The van der Waals surface area contributed by atoms with Crippen LogP contribution in [0.3, 0.4) is 0 Å². The standard InChI is InChI=1S/C21H24FN7O2S/c1-12(2)18-25-19(31-27-18)28-8-5-14(6-9-28)13(3)30-21-26-29-11-16(24-20(29)32-21)15-4-7-23-17(22)10-15/h4,7,10-14H,5-6,8-9H2,1-3H3/t13-/m1/s1. The molecule has 1 aliphatic rings. The van der Waals surface area contributed by atoms with Crippen molar-refractivity contribution in [2.24, 2.45) is 5.92 Å². The van der Waals surface area contributed by atoms with E-state index in [1.165, 1.54) is 23.6 Å². The summed E-state index contributed by atoms with van der Waals surface area (Å²) in [6, 6.07) is 3.68. The molecule has 32 heavy (non-hydrogen) atoms. The van der Waals surface area contributed by atoms with Crippen LogP contribution in [-0.4, -0.2) is 48.9 Å². The number of rotatable bonds is 6. The van der Waals surface area contributed by atoms with Gasteiger partial charge in [0.1, 0.15) is 6.10 Å². The third-order valence-corrected chi connectivity index (χ3v) is 6.57. The van der Waals surface area contributed by atoms with Crippen molar-refractivity contribution < 1.29 is 13.7 Å². The van der Waals surface area contributed by atoms with E-state index in [1.54, 1.807) is 16.8 Å². The summed E-state index contributed by atoms with van der Waals surface area (Å²) in [4.78, 5) is 15.5. The lowest BCUT2D eigenvalue weighted by Crippen LogP contribution is -2.38. The number of nitrogens with zero attached hydrogens (tertiary/aromatic N) is 7. The van der Waals surface area contributed by atoms with Crippen LogP contribution >= 0.6 is 11.3 Å². The second kappa shape index (κ2) is 8.45. The van der Waals surface area contributed by atoms with Gasteiger partial charge in [0, 0.05) is 36.8 Å². The second-order valence-corrected chi connectivity index (χ2v) is 9.24. The summed E-state index contributed by atoms with van der Waals surface area (Å²) in [5.74, 6) is 0.866. The summed E-state index contributed by atoms with van der Waals surface area (Å²) in [6.45, 7) is 7.89. The van der Waals surface area contributed by atoms with Crippen LogP contribution in [0.2, 0.25) is 0 Å². The molecule has 5 rings (SSSR count). The highest BCUT2D eigenvalue weighted by Gasteiger charge is 2.28. The molecule has 1 atom stereocenters. The lowest BCUT2D eigenvalue weighted by Gasteiger charge is -2.33. The molecular weight excluding hydrogens is 433 g/mol. The fourth-order valence-corrected chi connectivity index (χ4v) is 4.65. The maximum atomic E-state index is 13.4. The first kappa shape index (κ1) is 20.8. The summed E-state index contributed by atoms with van der Waals surface area (Å²) >= 11 is 1.38. The number of ether oxygens (including phenoxy) is 1. The van der Waals surface area contributed by atoms with E-state index in [9.17, 15) is 4.39 Å². The largest absolute Gasteiger partial charge is 0.466 e. The number of hydrogen-bond donors (Lipinski definition) is 0. The molecule has 1 saturated heterocycles. The zero-order chi connectivity index (χ0) is 22.2. The van der Waals surface area contributed by atoms with Gasteiger partial charge in [0.2, 0.25) is 10.9 Å². The van der Waals surface area contributed by atoms with Crippen LogP contribution in [0.15, 0.2) is 29.0 Å². The van der Waals surface area contributed by atoms with Gasteiger partial charge in [-0.25, -0.2) is 14.5 Å². The van der Waals surface area contributed by atoms with E-state index >= 15 is 0 Å². The summed E-state index contributed by atoms with van der Waals surface area (Å²) in [6.07, 6.45) is 5.17. The number of halogens is 1. The van der Waals surface area contributed by atoms with Crippen LogP contribution in [0.1, 0.15) is 45.4 Å². The van der Waals surface area contributed by atoms with Crippen molar-refractivity contribution in [3.05, 3.63) is 36.3 Å². The van der Waals surface area contributed by atoms with Crippen LogP contribution < -0.4 is 9.64 Å². The summed E-state index contributed by atoms with van der Waals surface area (Å²) in [5.41, 5.74) is 1.32. The first-order chi connectivity index (χ1) is 15.5. The molecule has 0 bridgehead atoms. The Morgan fingerprint density at radius 2 is 2.03 bits per heavy atom. The SMILES string of the molecule is CC(C)c1noc(N2CCC([C@@H](C)Oc3nn4cc(-c5ccnc(F)c5)nc4s3)CC2)n1. The number of piperidine rings is 1. The number of fused-ring (bicyclic) bond motifs is 1. The molecule has 0 radical (unpaired) electrons. The van der Waals surface area contributed by atoms with Gasteiger partial charge in [-0.15, -0.1) is 5.10 Å². The van der Waals surface area contributed by atoms with Crippen molar-refractivity contribution in [1.82, 2.24) is 29.7 Å². The Bertz CT molecular complexity index is 1180. The van der Waals surface area contributed by atoms with Crippen molar-refractivity contribution >= 4 is 22.3 Å². The Labute approximate surface area is 188 Å². The highest BCUT2D eigenvalue weighted by molar-refractivity contribution is 7.18. The first-order valence-electron chi connectivity index (χ1n) is 10.7. The summed E-state index contributed by atoms with van der Waals surface area (Å²) in [7, 11) is 0. The van der Waals surface area contributed by atoms with E-state index in [2.05, 4.69) is 50.9 Å². The number of hydrogen-bond acceptors (Lipinski definition) is 9. The van der Waals surface area contributed by atoms with Crippen molar-refractivity contribution in [3.63, 3.8) is 0 Å². The Kier molecular flexibility index (Phi) is 5.50. The Balaban J connectivity index is 1.19. The molecule has 0 saturated carbocycles. The molecule has 4 aromatic rings. The number of imidazole rings is 1. The molecule has 11 heteroatoms. The van der Waals surface area contributed by atoms with Gasteiger partial charge in [-0.1, -0.05) is 19.0 Å². The molecule has 0 amide bonds. The number of aromatic nitrogens is 6. The summed E-state index contributed by atoms with van der Waals surface area (Å²) in [5, 5.41) is 9.13. The number of anilines is 1. The minimum absolute atomic E-state index is 0.0238. The van der Waals surface area contributed by atoms with E-state index in [0.29, 0.717) is 33.3 Å². The Hall–Kier alpha value is -3.08. The Morgan fingerprint density at radius 1 is 1.22 bits per heavy atom. The fourth-order valence-electron chi connectivity index (χ4n) is 3.84. The van der Waals surface area contributed by atoms with E-state index < -0.39 is 5.95 Å². The lowest BCUT2D eigenvalue weighted by atomic mass is 9.92. The minimum Gasteiger partial charge on any atom is -0.466 e. The van der Waals surface area contributed by atoms with Crippen LogP contribution in [0.5, 0.6) is 5.19 Å². The molecule has 0 unspecified atom stereocenters. The van der Waals surface area contributed by atoms with Gasteiger partial charge in [-0.3, -0.25) is 0 Å². The molecular formula is C21H24FN7O2S. The lowest BCUT2D eigenvalue weighted by molar-refractivity contribution is 0.130. The maximum Gasteiger partial charge on any atom is 0.324 e. The molecule has 0 aliphatic carbocycles. The Morgan fingerprint density at radius 3 is 2.72 bits per heavy atom. The molecule has 1 fully saturated rings. The van der Waals surface area contributed by atoms with Gasteiger partial charge in [0.05, 0.1) is 11.9 Å². The summed E-state index contributed by atoms with van der Waals surface area (Å²) < 4.78 is 26.6. The normalized spacial score (nSPS) is 16.2. The average molecular weight is 458 g/mol. The van der Waals surface area contributed by atoms with Crippen LogP contribution in [0.25, 0.3) is 16.2 Å². The molecule has 0 aromatic carbocycles. The minimum atomic E-state index is -0.532. The highest BCUT2D eigenvalue weighted by atomic mass is 32.1. The van der Waals surface area contributed by atoms with Crippen LogP contribution in [0.4, 0.5) is 10.4 Å². The third kappa shape index (κ3) is 4.16. The van der Waals surface area contributed by atoms with Crippen molar-refractivity contribution in [3.8, 4) is 16.5 Å². The smallest absolute Gasteiger partial charge is 0.324 e. The van der Waals surface area contributed by atoms with Gasteiger partial charge in [-0.2, -0.15) is 9.37 Å². The van der Waals surface area contributed by atoms with Crippen molar-refractivity contribution in [1.29, 1.82) is 0 Å². The average Bonchev–Trinajstić information content (AvgIpc) is 3.49. The van der Waals surface area contributed by atoms with Crippen molar-refractivity contribution in [2.45, 2.75) is 45.6 Å². The van der Waals surface area contributed by atoms with Gasteiger partial charge in [-0.05, 0) is 43.1 Å². The molecule has 5 heterocycles. The van der Waals surface area contributed by atoms with E-state index in [0.717, 1.165) is 31.8 Å². The quantitative estimate of drug-likeness (QED) is 0.398. The van der Waals surface area contributed by atoms with Gasteiger partial charge in [0.15, 0.2) is 5.82 Å². The monoisotopic (exact) mass is 457 g/mol. The van der Waals surface area contributed by atoms with E-state index in [-0.39, 0.29) is 12.0 Å². The van der Waals surface area contributed by atoms with E-state index in [4.69, 9.17) is 9.26 Å². The number of pyridine rings is 1. The van der Waals surface area contributed by atoms with Gasteiger partial charge in [0.25, 0.3) is 5.19 Å². The maximum absolute atomic E-state index is 13.4. The second-order valence-electron chi connectivity index (χ2n) is 8.33. The van der Waals surface area contributed by atoms with Crippen LogP contribution in [-0.2, 0) is 0 Å². The topological polar surface area (TPSA) is 94.5 Å². The molecule has 168 valence electrons. The molecule has 0 N–H and O–H groups in total. The first-order valence-corrected chi connectivity index (χ1v) is 11.5. The zero-order valence-corrected chi connectivity index (χ0v) is 18.9. The van der Waals surface area contributed by atoms with Crippen molar-refractivity contribution in [2.75, 3.05) is 18.0 Å². The molecule has 0 spiro atoms. The van der Waals surface area contributed by atoms with E-state index in [1.807, 2.05) is 0 Å². The van der Waals surface area contributed by atoms with Crippen LogP contribution in [0, 0.1) is 11.9 Å². The molecule has 9 nitrogen and oxygen atoms in total. The van der Waals surface area contributed by atoms with Gasteiger partial charge >= 0.3 is 6.01 Å². The highest BCUT2D eigenvalue weighted by Crippen LogP contribution is 2.30.